The lowest BCUT2D eigenvalue weighted by atomic mass is 10.5. The summed E-state index contributed by atoms with van der Waals surface area (Å²) in [6, 6.07) is 0. The number of ether oxygens (including phenoxy) is 1. The highest BCUT2D eigenvalue weighted by Gasteiger charge is 1.75. The minimum absolute atomic E-state index is 0.733. The van der Waals surface area contributed by atoms with Gasteiger partial charge in [-0.3, -0.25) is 0 Å². The molecule has 0 saturated heterocycles. The van der Waals surface area contributed by atoms with Crippen molar-refractivity contribution in [1.29, 1.82) is 0 Å². The standard InChI is InChI=1S/C5H6O.C5H6/c1-2-4-6-5-3-1;1-2-4-5-3-1/h1-4H,5H2;1-4H,5H2. The molecule has 58 valence electrons. The molecule has 1 aliphatic heterocycles. The molecule has 0 amide bonds. The minimum atomic E-state index is 0.733. The third kappa shape index (κ3) is 4.20. The molecule has 0 unspecified atom stereocenters. The van der Waals surface area contributed by atoms with Crippen LogP contribution < -0.4 is 0 Å². The highest BCUT2D eigenvalue weighted by Crippen LogP contribution is 1.93. The fourth-order valence-corrected chi connectivity index (χ4v) is 0.739. The zero-order valence-electron chi connectivity index (χ0n) is 6.44. The average molecular weight is 148 g/mol. The molecule has 0 fully saturated rings. The molecule has 0 atom stereocenters. The van der Waals surface area contributed by atoms with Crippen molar-refractivity contribution in [3.05, 3.63) is 48.8 Å². The van der Waals surface area contributed by atoms with Crippen molar-refractivity contribution in [2.24, 2.45) is 0 Å². The summed E-state index contributed by atoms with van der Waals surface area (Å²) in [6.45, 7) is 0.733. The van der Waals surface area contributed by atoms with E-state index in [-0.39, 0.29) is 0 Å². The van der Waals surface area contributed by atoms with Crippen molar-refractivity contribution < 1.29 is 4.74 Å². The topological polar surface area (TPSA) is 9.23 Å². The first kappa shape index (κ1) is 7.86. The highest BCUT2D eigenvalue weighted by atomic mass is 16.5. The Hall–Kier alpha value is -1.24. The molecule has 0 aromatic heterocycles. The van der Waals surface area contributed by atoms with Crippen LogP contribution in [0.5, 0.6) is 0 Å². The lowest BCUT2D eigenvalue weighted by molar-refractivity contribution is 0.286. The SMILES string of the molecule is C1=CCC=C1.C1=CCOC=C1. The Morgan fingerprint density at radius 2 is 1.55 bits per heavy atom. The molecule has 0 radical (unpaired) electrons. The molecular weight excluding hydrogens is 136 g/mol. The van der Waals surface area contributed by atoms with Crippen molar-refractivity contribution in [2.45, 2.75) is 6.42 Å². The summed E-state index contributed by atoms with van der Waals surface area (Å²) in [5.41, 5.74) is 0. The Balaban J connectivity index is 0.000000112. The maximum Gasteiger partial charge on any atom is 0.106 e. The first-order chi connectivity index (χ1) is 5.50. The van der Waals surface area contributed by atoms with Gasteiger partial charge in [-0.2, -0.15) is 0 Å². The number of rotatable bonds is 0. The van der Waals surface area contributed by atoms with E-state index in [1.807, 2.05) is 18.2 Å². The average Bonchev–Trinajstić information content (AvgIpc) is 2.64. The van der Waals surface area contributed by atoms with Crippen LogP contribution in [0.1, 0.15) is 6.42 Å². The maximum absolute atomic E-state index is 4.80. The third-order valence-corrected chi connectivity index (χ3v) is 1.27. The molecule has 1 heteroatoms. The molecule has 2 aliphatic rings. The van der Waals surface area contributed by atoms with Crippen molar-refractivity contribution in [3.8, 4) is 0 Å². The molecular formula is C10H12O. The van der Waals surface area contributed by atoms with E-state index >= 15 is 0 Å². The van der Waals surface area contributed by atoms with Gasteiger partial charge < -0.3 is 4.74 Å². The molecule has 0 aromatic rings. The van der Waals surface area contributed by atoms with Crippen LogP contribution in [-0.2, 0) is 4.74 Å². The molecule has 0 N–H and O–H groups in total. The van der Waals surface area contributed by atoms with Crippen LogP contribution >= 0.6 is 0 Å². The Kier molecular flexibility index (Phi) is 3.96. The van der Waals surface area contributed by atoms with E-state index in [4.69, 9.17) is 4.74 Å². The summed E-state index contributed by atoms with van der Waals surface area (Å²) in [5.74, 6) is 0. The molecule has 2 rings (SSSR count). The predicted octanol–water partition coefficient (Wildman–Crippen LogP) is 2.59. The quantitative estimate of drug-likeness (QED) is 0.513. The molecule has 0 spiro atoms. The highest BCUT2D eigenvalue weighted by molar-refractivity contribution is 5.12. The molecule has 1 aliphatic carbocycles. The van der Waals surface area contributed by atoms with Crippen LogP contribution in [0.15, 0.2) is 48.8 Å². The van der Waals surface area contributed by atoms with E-state index < -0.39 is 0 Å². The van der Waals surface area contributed by atoms with Crippen LogP contribution in [0.3, 0.4) is 0 Å². The van der Waals surface area contributed by atoms with Gasteiger partial charge in [-0.15, -0.1) is 0 Å². The Morgan fingerprint density at radius 3 is 1.73 bits per heavy atom. The second kappa shape index (κ2) is 5.54. The molecule has 0 bridgehead atoms. The number of hydrogen-bond donors (Lipinski definition) is 0. The van der Waals surface area contributed by atoms with Crippen molar-refractivity contribution >= 4 is 0 Å². The molecule has 1 heterocycles. The normalized spacial score (nSPS) is 17.5. The van der Waals surface area contributed by atoms with Crippen LogP contribution in [0.4, 0.5) is 0 Å². The summed E-state index contributed by atoms with van der Waals surface area (Å²) in [7, 11) is 0. The number of hydrogen-bond acceptors (Lipinski definition) is 1. The predicted molar refractivity (Wildman–Crippen MR) is 47.1 cm³/mol. The molecule has 0 aromatic carbocycles. The van der Waals surface area contributed by atoms with Gasteiger partial charge in [-0.1, -0.05) is 30.4 Å². The van der Waals surface area contributed by atoms with Crippen LogP contribution in [0, 0.1) is 0 Å². The van der Waals surface area contributed by atoms with Gasteiger partial charge in [-0.25, -0.2) is 0 Å². The van der Waals surface area contributed by atoms with E-state index in [9.17, 15) is 0 Å². The van der Waals surface area contributed by atoms with Crippen molar-refractivity contribution in [1.82, 2.24) is 0 Å². The van der Waals surface area contributed by atoms with Crippen molar-refractivity contribution in [3.63, 3.8) is 0 Å². The summed E-state index contributed by atoms with van der Waals surface area (Å²) in [4.78, 5) is 0. The van der Waals surface area contributed by atoms with Crippen LogP contribution in [0.2, 0.25) is 0 Å². The molecule has 0 saturated carbocycles. The first-order valence-corrected chi connectivity index (χ1v) is 3.75. The van der Waals surface area contributed by atoms with E-state index in [0.717, 1.165) is 13.0 Å². The van der Waals surface area contributed by atoms with Gasteiger partial charge in [0.25, 0.3) is 0 Å². The van der Waals surface area contributed by atoms with Gasteiger partial charge >= 0.3 is 0 Å². The Morgan fingerprint density at radius 1 is 0.818 bits per heavy atom. The number of allylic oxidation sites excluding steroid dienone is 6. The van der Waals surface area contributed by atoms with Gasteiger partial charge in [0.05, 0.1) is 6.26 Å². The van der Waals surface area contributed by atoms with Gasteiger partial charge in [0, 0.05) is 0 Å². The Bertz CT molecular complexity index is 175. The van der Waals surface area contributed by atoms with E-state index in [2.05, 4.69) is 24.3 Å². The summed E-state index contributed by atoms with van der Waals surface area (Å²) in [5, 5.41) is 0. The lowest BCUT2D eigenvalue weighted by Gasteiger charge is -1.94. The molecule has 11 heavy (non-hydrogen) atoms. The van der Waals surface area contributed by atoms with Gasteiger partial charge in [-0.05, 0) is 18.6 Å². The van der Waals surface area contributed by atoms with E-state index in [1.165, 1.54) is 0 Å². The van der Waals surface area contributed by atoms with Gasteiger partial charge in [0.15, 0.2) is 0 Å². The van der Waals surface area contributed by atoms with Gasteiger partial charge in [0.2, 0.25) is 0 Å². The minimum Gasteiger partial charge on any atom is -0.497 e. The maximum atomic E-state index is 4.80. The largest absolute Gasteiger partial charge is 0.497 e. The third-order valence-electron chi connectivity index (χ3n) is 1.27. The Labute approximate surface area is 67.4 Å². The van der Waals surface area contributed by atoms with E-state index in [0.29, 0.717) is 0 Å². The summed E-state index contributed by atoms with van der Waals surface area (Å²) in [6.07, 6.45) is 17.0. The van der Waals surface area contributed by atoms with E-state index in [1.54, 1.807) is 6.26 Å². The lowest BCUT2D eigenvalue weighted by Crippen LogP contribution is -1.82. The first-order valence-electron chi connectivity index (χ1n) is 3.75. The zero-order valence-corrected chi connectivity index (χ0v) is 6.44. The smallest absolute Gasteiger partial charge is 0.106 e. The second-order valence-electron chi connectivity index (χ2n) is 2.18. The summed E-state index contributed by atoms with van der Waals surface area (Å²) < 4.78 is 4.80. The molecule has 1 nitrogen and oxygen atoms in total. The van der Waals surface area contributed by atoms with Crippen molar-refractivity contribution in [2.75, 3.05) is 6.61 Å². The second-order valence-corrected chi connectivity index (χ2v) is 2.18. The van der Waals surface area contributed by atoms with Crippen LogP contribution in [-0.4, -0.2) is 6.61 Å². The fraction of sp³-hybridized carbons (Fsp3) is 0.200. The van der Waals surface area contributed by atoms with Gasteiger partial charge in [0.1, 0.15) is 6.61 Å². The van der Waals surface area contributed by atoms with Crippen LogP contribution in [0.25, 0.3) is 0 Å². The fourth-order valence-electron chi connectivity index (χ4n) is 0.739. The summed E-state index contributed by atoms with van der Waals surface area (Å²) >= 11 is 0. The zero-order chi connectivity index (χ0) is 7.78. The monoisotopic (exact) mass is 148 g/mol.